The van der Waals surface area contributed by atoms with Gasteiger partial charge in [-0.3, -0.25) is 4.79 Å². The van der Waals surface area contributed by atoms with Crippen molar-refractivity contribution >= 4 is 39.9 Å². The predicted molar refractivity (Wildman–Crippen MR) is 143 cm³/mol. The zero-order chi connectivity index (χ0) is 27.4. The van der Waals surface area contributed by atoms with Crippen LogP contribution in [0, 0.1) is 6.92 Å². The van der Waals surface area contributed by atoms with Crippen molar-refractivity contribution in [3.8, 4) is 0 Å². The lowest BCUT2D eigenvalue weighted by Crippen LogP contribution is -2.58. The van der Waals surface area contributed by atoms with Crippen LogP contribution >= 0.6 is 0 Å². The van der Waals surface area contributed by atoms with E-state index < -0.39 is 17.2 Å². The third-order valence-electron chi connectivity index (χ3n) is 7.92. The van der Waals surface area contributed by atoms with Gasteiger partial charge in [-0.25, -0.2) is 9.97 Å². The normalized spacial score (nSPS) is 23.2. The lowest BCUT2D eigenvalue weighted by atomic mass is 9.75. The van der Waals surface area contributed by atoms with E-state index in [4.69, 9.17) is 20.9 Å². The molecule has 206 valence electrons. The zero-order valence-corrected chi connectivity index (χ0v) is 22.1. The van der Waals surface area contributed by atoms with E-state index in [0.29, 0.717) is 49.3 Å². The van der Waals surface area contributed by atoms with Gasteiger partial charge in [0, 0.05) is 19.5 Å². The lowest BCUT2D eigenvalue weighted by Gasteiger charge is -2.51. The number of aryl methyl sites for hydroxylation is 1. The first-order valence-electron chi connectivity index (χ1n) is 13.1. The number of aliphatic hydroxyl groups is 1. The number of H-pyrrole nitrogens is 1. The molecular formula is C26H33N9O4. The average Bonchev–Trinajstić information content (AvgIpc) is 3.47. The molecule has 6 N–H and O–H groups in total. The molecule has 0 saturated carbocycles. The number of rotatable bonds is 5. The Morgan fingerprint density at radius 2 is 2.05 bits per heavy atom. The van der Waals surface area contributed by atoms with Crippen molar-refractivity contribution in [2.24, 2.45) is 0 Å². The minimum atomic E-state index is -1.11. The summed E-state index contributed by atoms with van der Waals surface area (Å²) in [5.41, 5.74) is 14.0. The quantitative estimate of drug-likeness (QED) is 0.292. The number of hydrogen-bond donors (Lipinski definition) is 4. The number of benzene rings is 1. The highest BCUT2D eigenvalue weighted by atomic mass is 16.5. The number of amides is 1. The Hall–Kier alpha value is -3.81. The van der Waals surface area contributed by atoms with Gasteiger partial charge in [0.2, 0.25) is 11.9 Å². The SMILES string of the molecule is Cc1ccc2nc(COCC(=O)N3CCC4(CC3)C[C@@](C)(O)[C@H](n3cnc5c(N)nc(N)nc53)CO4)[nH]c2c1. The number of aromatic nitrogens is 6. The van der Waals surface area contributed by atoms with Gasteiger partial charge in [-0.15, -0.1) is 0 Å². The molecule has 1 spiro atoms. The van der Waals surface area contributed by atoms with Crippen LogP contribution < -0.4 is 11.5 Å². The number of carbonyl (C=O) groups is 1. The van der Waals surface area contributed by atoms with Crippen LogP contribution in [0.4, 0.5) is 11.8 Å². The van der Waals surface area contributed by atoms with Crippen molar-refractivity contribution in [1.82, 2.24) is 34.4 Å². The Morgan fingerprint density at radius 1 is 1.26 bits per heavy atom. The van der Waals surface area contributed by atoms with Crippen molar-refractivity contribution in [1.29, 1.82) is 0 Å². The number of nitrogens with one attached hydrogen (secondary N) is 1. The van der Waals surface area contributed by atoms with Crippen LogP contribution in [0.1, 0.15) is 43.6 Å². The molecule has 6 rings (SSSR count). The molecule has 2 aliphatic heterocycles. The average molecular weight is 536 g/mol. The smallest absolute Gasteiger partial charge is 0.248 e. The Bertz CT molecular complexity index is 1540. The van der Waals surface area contributed by atoms with E-state index in [1.165, 1.54) is 0 Å². The largest absolute Gasteiger partial charge is 0.388 e. The fourth-order valence-corrected chi connectivity index (χ4v) is 5.88. The van der Waals surface area contributed by atoms with Gasteiger partial charge in [-0.1, -0.05) is 6.07 Å². The van der Waals surface area contributed by atoms with Gasteiger partial charge < -0.3 is 40.5 Å². The summed E-state index contributed by atoms with van der Waals surface area (Å²) in [5.74, 6) is 0.856. The number of nitrogen functional groups attached to an aromatic ring is 2. The molecule has 2 aliphatic rings. The molecule has 2 fully saturated rings. The number of ether oxygens (including phenoxy) is 2. The third-order valence-corrected chi connectivity index (χ3v) is 7.92. The minimum absolute atomic E-state index is 0.0223. The number of carbonyl (C=O) groups excluding carboxylic acids is 1. The maximum Gasteiger partial charge on any atom is 0.248 e. The highest BCUT2D eigenvalue weighted by molar-refractivity contribution is 5.82. The summed E-state index contributed by atoms with van der Waals surface area (Å²) in [6.45, 7) is 5.35. The Kier molecular flexibility index (Phi) is 6.16. The first-order valence-corrected chi connectivity index (χ1v) is 13.1. The topological polar surface area (TPSA) is 183 Å². The second kappa shape index (κ2) is 9.43. The second-order valence-corrected chi connectivity index (χ2v) is 10.9. The van der Waals surface area contributed by atoms with Crippen molar-refractivity contribution in [2.45, 2.75) is 57.0 Å². The molecule has 3 aromatic heterocycles. The Labute approximate surface area is 224 Å². The van der Waals surface area contributed by atoms with E-state index in [0.717, 1.165) is 16.6 Å². The number of fused-ring (bicyclic) bond motifs is 2. The van der Waals surface area contributed by atoms with Crippen molar-refractivity contribution in [3.05, 3.63) is 35.9 Å². The van der Waals surface area contributed by atoms with E-state index >= 15 is 0 Å². The molecule has 39 heavy (non-hydrogen) atoms. The molecule has 5 heterocycles. The fraction of sp³-hybridized carbons (Fsp3) is 0.500. The van der Waals surface area contributed by atoms with Crippen LogP contribution in [-0.4, -0.2) is 82.9 Å². The van der Waals surface area contributed by atoms with Gasteiger partial charge in [0.05, 0.1) is 41.2 Å². The lowest BCUT2D eigenvalue weighted by molar-refractivity contribution is -0.197. The molecule has 2 atom stereocenters. The van der Waals surface area contributed by atoms with Crippen molar-refractivity contribution < 1.29 is 19.4 Å². The van der Waals surface area contributed by atoms with Crippen LogP contribution in [0.5, 0.6) is 0 Å². The van der Waals surface area contributed by atoms with E-state index in [1.807, 2.05) is 25.1 Å². The van der Waals surface area contributed by atoms with Gasteiger partial charge >= 0.3 is 0 Å². The van der Waals surface area contributed by atoms with Gasteiger partial charge in [0.15, 0.2) is 11.5 Å². The summed E-state index contributed by atoms with van der Waals surface area (Å²) in [5, 5.41) is 11.5. The van der Waals surface area contributed by atoms with Crippen LogP contribution in [0.2, 0.25) is 0 Å². The standard InChI is InChI=1S/C26H33N9O4/c1-15-3-4-16-17(9-15)31-19(30-16)11-38-12-20(36)34-7-5-26(6-8-34)13-25(2,37)18(10-39-26)35-14-29-21-22(27)32-24(28)33-23(21)35/h3-4,9,14,18,37H,5-8,10-13H2,1-2H3,(H,30,31)(H4,27,28,32,33)/t18-,25-/m1/s1. The molecular weight excluding hydrogens is 502 g/mol. The highest BCUT2D eigenvalue weighted by Crippen LogP contribution is 2.44. The Morgan fingerprint density at radius 3 is 2.82 bits per heavy atom. The fourth-order valence-electron chi connectivity index (χ4n) is 5.88. The number of likely N-dealkylation sites (tertiary alicyclic amines) is 1. The zero-order valence-electron chi connectivity index (χ0n) is 22.1. The molecule has 0 aliphatic carbocycles. The van der Waals surface area contributed by atoms with Crippen molar-refractivity contribution in [2.75, 3.05) is 37.8 Å². The van der Waals surface area contributed by atoms with Crippen LogP contribution in [0.15, 0.2) is 24.5 Å². The number of imidazole rings is 2. The van der Waals surface area contributed by atoms with E-state index in [9.17, 15) is 9.90 Å². The summed E-state index contributed by atoms with van der Waals surface area (Å²) in [7, 11) is 0. The molecule has 13 nitrogen and oxygen atoms in total. The molecule has 0 unspecified atom stereocenters. The maximum atomic E-state index is 12.8. The van der Waals surface area contributed by atoms with Gasteiger partial charge in [-0.05, 0) is 44.4 Å². The maximum absolute atomic E-state index is 12.8. The molecule has 13 heteroatoms. The summed E-state index contributed by atoms with van der Waals surface area (Å²) in [4.78, 5) is 34.9. The summed E-state index contributed by atoms with van der Waals surface area (Å²) >= 11 is 0. The minimum Gasteiger partial charge on any atom is -0.388 e. The summed E-state index contributed by atoms with van der Waals surface area (Å²) < 4.78 is 13.8. The number of nitrogens with two attached hydrogens (primary N) is 2. The molecule has 1 aromatic carbocycles. The van der Waals surface area contributed by atoms with E-state index in [-0.39, 0.29) is 37.5 Å². The second-order valence-electron chi connectivity index (χ2n) is 10.9. The number of piperidine rings is 1. The molecule has 2 saturated heterocycles. The number of nitrogens with zero attached hydrogens (tertiary/aromatic N) is 6. The van der Waals surface area contributed by atoms with Crippen LogP contribution in [0.25, 0.3) is 22.2 Å². The molecule has 0 bridgehead atoms. The monoisotopic (exact) mass is 535 g/mol. The van der Waals surface area contributed by atoms with Crippen LogP contribution in [0.3, 0.4) is 0 Å². The highest BCUT2D eigenvalue weighted by Gasteiger charge is 2.50. The molecule has 0 radical (unpaired) electrons. The van der Waals surface area contributed by atoms with Gasteiger partial charge in [-0.2, -0.15) is 9.97 Å². The van der Waals surface area contributed by atoms with Crippen LogP contribution in [-0.2, 0) is 20.9 Å². The molecule has 1 amide bonds. The third kappa shape index (κ3) is 4.77. The summed E-state index contributed by atoms with van der Waals surface area (Å²) in [6, 6.07) is 5.57. The van der Waals surface area contributed by atoms with Crippen molar-refractivity contribution in [3.63, 3.8) is 0 Å². The van der Waals surface area contributed by atoms with Gasteiger partial charge in [0.25, 0.3) is 0 Å². The first-order chi connectivity index (χ1) is 18.6. The molecule has 4 aromatic rings. The predicted octanol–water partition coefficient (Wildman–Crippen LogP) is 1.47. The Balaban J connectivity index is 1.04. The number of anilines is 2. The number of hydrogen-bond acceptors (Lipinski definition) is 10. The summed E-state index contributed by atoms with van der Waals surface area (Å²) in [6.07, 6.45) is 3.24. The van der Waals surface area contributed by atoms with E-state index in [1.54, 1.807) is 22.7 Å². The van der Waals surface area contributed by atoms with Gasteiger partial charge in [0.1, 0.15) is 24.6 Å². The van der Waals surface area contributed by atoms with E-state index in [2.05, 4.69) is 24.9 Å². The number of aromatic amines is 1. The first kappa shape index (κ1) is 25.5.